The second kappa shape index (κ2) is 4.22. The van der Waals surface area contributed by atoms with Gasteiger partial charge >= 0.3 is 17.9 Å². The summed E-state index contributed by atoms with van der Waals surface area (Å²) in [6, 6.07) is 0. The smallest absolute Gasteiger partial charge is 0.225 e. The Morgan fingerprint density at radius 2 is 1.12 bits per heavy atom. The van der Waals surface area contributed by atoms with E-state index >= 15 is 0 Å². The van der Waals surface area contributed by atoms with E-state index in [0.29, 0.717) is 0 Å². The summed E-state index contributed by atoms with van der Waals surface area (Å²) in [7, 11) is -4.61. The quantitative estimate of drug-likeness (QED) is 0.536. The average molecular weight is 281 g/mol. The van der Waals surface area contributed by atoms with Crippen LogP contribution < -0.4 is 0 Å². The Hall–Kier alpha value is -0.810. The van der Waals surface area contributed by atoms with Crippen molar-refractivity contribution in [3.8, 4) is 0 Å². The molecule has 0 aromatic carbocycles. The predicted molar refractivity (Wildman–Crippen MR) is 33.7 cm³/mol. The summed E-state index contributed by atoms with van der Waals surface area (Å²) in [6.45, 7) is 0. The first-order chi connectivity index (χ1) is 6.76. The summed E-state index contributed by atoms with van der Waals surface area (Å²) in [6.07, 6.45) is -12.3. The summed E-state index contributed by atoms with van der Waals surface area (Å²) in [5, 5.41) is 0. The third-order valence-electron chi connectivity index (χ3n) is 0.909. The molecule has 0 aromatic heterocycles. The Bertz CT molecular complexity index is 293. The average Bonchev–Trinajstić information content (AvgIpc) is 1.92. The lowest BCUT2D eigenvalue weighted by Gasteiger charge is -2.13. The molecule has 0 bridgehead atoms. The standard InChI is InChI=1S/C4F9NOS/c5-2(6,7)1(3(8,9)10)14-16(15)4(11,12)13. The molecule has 0 radical (unpaired) electrons. The van der Waals surface area contributed by atoms with Crippen molar-refractivity contribution in [2.75, 3.05) is 0 Å². The van der Waals surface area contributed by atoms with E-state index < -0.39 is 34.6 Å². The fraction of sp³-hybridized carbons (Fsp3) is 0.750. The highest BCUT2D eigenvalue weighted by molar-refractivity contribution is 7.84. The summed E-state index contributed by atoms with van der Waals surface area (Å²) < 4.78 is 115. The predicted octanol–water partition coefficient (Wildman–Crippen LogP) is 2.74. The van der Waals surface area contributed by atoms with Gasteiger partial charge in [-0.15, -0.1) is 0 Å². The Labute approximate surface area is 83.7 Å². The summed E-state index contributed by atoms with van der Waals surface area (Å²) in [5.41, 5.74) is -9.49. The largest absolute Gasteiger partial charge is 0.492 e. The van der Waals surface area contributed by atoms with Crippen LogP contribution in [0.5, 0.6) is 0 Å². The number of hydrogen-bond acceptors (Lipinski definition) is 1. The molecule has 1 unspecified atom stereocenters. The molecule has 0 aliphatic heterocycles. The van der Waals surface area contributed by atoms with Crippen LogP contribution in [0.25, 0.3) is 0 Å². The van der Waals surface area contributed by atoms with Crippen molar-refractivity contribution in [2.45, 2.75) is 17.9 Å². The van der Waals surface area contributed by atoms with Gasteiger partial charge in [0.05, 0.1) is 0 Å². The minimum Gasteiger partial charge on any atom is -0.225 e. The molecule has 0 aliphatic rings. The van der Waals surface area contributed by atoms with Crippen molar-refractivity contribution in [3.05, 3.63) is 0 Å². The van der Waals surface area contributed by atoms with E-state index in [9.17, 15) is 43.7 Å². The van der Waals surface area contributed by atoms with E-state index in [-0.39, 0.29) is 0 Å². The minimum atomic E-state index is -6.17. The zero-order chi connectivity index (χ0) is 13.4. The molecule has 0 saturated heterocycles. The lowest BCUT2D eigenvalue weighted by atomic mass is 10.4. The summed E-state index contributed by atoms with van der Waals surface area (Å²) in [5.74, 6) is 0. The molecule has 1 atom stereocenters. The maximum Gasteiger partial charge on any atom is 0.492 e. The Kier molecular flexibility index (Phi) is 4.01. The van der Waals surface area contributed by atoms with Crippen LogP contribution in [0.15, 0.2) is 4.40 Å². The van der Waals surface area contributed by atoms with Gasteiger partial charge in [0, 0.05) is 0 Å². The van der Waals surface area contributed by atoms with Crippen LogP contribution in [0.1, 0.15) is 0 Å². The lowest BCUT2D eigenvalue weighted by Crippen LogP contribution is -2.38. The maximum atomic E-state index is 11.6. The highest BCUT2D eigenvalue weighted by Crippen LogP contribution is 2.32. The third-order valence-corrected chi connectivity index (χ3v) is 1.65. The van der Waals surface area contributed by atoms with E-state index in [1.54, 1.807) is 0 Å². The number of alkyl halides is 9. The van der Waals surface area contributed by atoms with Gasteiger partial charge in [0.25, 0.3) is 0 Å². The molecule has 0 saturated carbocycles. The molecular weight excluding hydrogens is 281 g/mol. The normalized spacial score (nSPS) is 15.8. The molecule has 0 heterocycles. The molecule has 0 amide bonds. The monoisotopic (exact) mass is 281 g/mol. The third kappa shape index (κ3) is 4.37. The maximum absolute atomic E-state index is 11.6. The Morgan fingerprint density at radius 1 is 0.812 bits per heavy atom. The van der Waals surface area contributed by atoms with Crippen molar-refractivity contribution in [3.63, 3.8) is 0 Å². The van der Waals surface area contributed by atoms with Gasteiger partial charge < -0.3 is 0 Å². The van der Waals surface area contributed by atoms with Crippen LogP contribution in [0.2, 0.25) is 0 Å². The van der Waals surface area contributed by atoms with Crippen molar-refractivity contribution in [2.24, 2.45) is 4.40 Å². The van der Waals surface area contributed by atoms with Gasteiger partial charge in [-0.2, -0.15) is 43.9 Å². The zero-order valence-corrected chi connectivity index (χ0v) is 7.48. The second-order valence-electron chi connectivity index (χ2n) is 2.13. The molecule has 0 aliphatic carbocycles. The first-order valence-corrected chi connectivity index (χ1v) is 4.08. The number of rotatable bonds is 1. The van der Waals surface area contributed by atoms with Crippen molar-refractivity contribution in [1.29, 1.82) is 0 Å². The SMILES string of the molecule is O=S(N=C(C(F)(F)F)C(F)(F)F)C(F)(F)F. The van der Waals surface area contributed by atoms with E-state index in [2.05, 4.69) is 0 Å². The highest BCUT2D eigenvalue weighted by Gasteiger charge is 2.55. The van der Waals surface area contributed by atoms with E-state index in [4.69, 9.17) is 0 Å². The van der Waals surface area contributed by atoms with Crippen molar-refractivity contribution < 1.29 is 43.7 Å². The first-order valence-electron chi connectivity index (χ1n) is 2.98. The molecule has 16 heavy (non-hydrogen) atoms. The lowest BCUT2D eigenvalue weighted by molar-refractivity contribution is -0.117. The first kappa shape index (κ1) is 15.2. The van der Waals surface area contributed by atoms with Crippen LogP contribution in [0.3, 0.4) is 0 Å². The van der Waals surface area contributed by atoms with Gasteiger partial charge in [-0.3, -0.25) is 0 Å². The fourth-order valence-corrected chi connectivity index (χ4v) is 0.875. The van der Waals surface area contributed by atoms with Gasteiger partial charge in [-0.1, -0.05) is 0 Å². The number of nitrogens with zero attached hydrogens (tertiary/aromatic N) is 1. The molecule has 0 aromatic rings. The van der Waals surface area contributed by atoms with Crippen LogP contribution >= 0.6 is 0 Å². The Balaban J connectivity index is 5.41. The molecular formula is C4F9NOS. The van der Waals surface area contributed by atoms with E-state index in [1.807, 2.05) is 0 Å². The zero-order valence-electron chi connectivity index (χ0n) is 6.67. The number of halogens is 9. The van der Waals surface area contributed by atoms with Crippen LogP contribution in [0.4, 0.5) is 39.5 Å². The van der Waals surface area contributed by atoms with Gasteiger partial charge in [0.2, 0.25) is 16.7 Å². The van der Waals surface area contributed by atoms with Crippen LogP contribution in [0, 0.1) is 0 Å². The number of hydrogen-bond donors (Lipinski definition) is 0. The highest BCUT2D eigenvalue weighted by atomic mass is 32.2. The van der Waals surface area contributed by atoms with Gasteiger partial charge in [0.15, 0.2) is 0 Å². The van der Waals surface area contributed by atoms with E-state index in [0.717, 1.165) is 4.40 Å². The minimum absolute atomic E-state index is 1.10. The molecule has 0 fully saturated rings. The van der Waals surface area contributed by atoms with Crippen molar-refractivity contribution >= 4 is 16.7 Å². The summed E-state index contributed by atoms with van der Waals surface area (Å²) in [4.78, 5) is 0. The van der Waals surface area contributed by atoms with Gasteiger partial charge in [-0.05, 0) is 0 Å². The van der Waals surface area contributed by atoms with Gasteiger partial charge in [-0.25, -0.2) is 4.21 Å². The molecule has 96 valence electrons. The Morgan fingerprint density at radius 3 is 1.31 bits per heavy atom. The molecule has 12 heteroatoms. The summed E-state index contributed by atoms with van der Waals surface area (Å²) >= 11 is 0. The fourth-order valence-electron chi connectivity index (χ4n) is 0.399. The molecule has 0 spiro atoms. The topological polar surface area (TPSA) is 29.4 Å². The molecule has 2 nitrogen and oxygen atoms in total. The van der Waals surface area contributed by atoms with E-state index in [1.165, 1.54) is 0 Å². The van der Waals surface area contributed by atoms with Crippen LogP contribution in [-0.4, -0.2) is 27.8 Å². The molecule has 0 N–H and O–H groups in total. The van der Waals surface area contributed by atoms with Crippen LogP contribution in [-0.2, 0) is 11.0 Å². The van der Waals surface area contributed by atoms with Gasteiger partial charge in [0.1, 0.15) is 0 Å². The van der Waals surface area contributed by atoms with Crippen molar-refractivity contribution in [1.82, 2.24) is 0 Å². The molecule has 0 rings (SSSR count). The second-order valence-corrected chi connectivity index (χ2v) is 3.27.